The van der Waals surface area contributed by atoms with Gasteiger partial charge in [0, 0.05) is 19.6 Å². The Balaban J connectivity index is 1.76. The number of rotatable bonds is 3. The van der Waals surface area contributed by atoms with E-state index in [-0.39, 0.29) is 0 Å². The molecule has 0 aliphatic carbocycles. The summed E-state index contributed by atoms with van der Waals surface area (Å²) in [7, 11) is 0. The van der Waals surface area contributed by atoms with E-state index in [1.54, 1.807) is 0 Å². The average Bonchev–Trinajstić information content (AvgIpc) is 2.86. The summed E-state index contributed by atoms with van der Waals surface area (Å²) in [6.45, 7) is 9.91. The van der Waals surface area contributed by atoms with E-state index in [2.05, 4.69) is 54.4 Å². The Hall–Kier alpha value is -0.900. The van der Waals surface area contributed by atoms with Gasteiger partial charge in [-0.3, -0.25) is 4.90 Å². The minimum absolute atomic E-state index is 0.341. The molecule has 110 valence electrons. The highest BCUT2D eigenvalue weighted by atomic mass is 16.5. The van der Waals surface area contributed by atoms with Gasteiger partial charge in [-0.05, 0) is 30.9 Å². The summed E-state index contributed by atoms with van der Waals surface area (Å²) in [6.07, 6.45) is 1.62. The smallest absolute Gasteiger partial charge is 0.0675 e. The van der Waals surface area contributed by atoms with Crippen molar-refractivity contribution in [3.8, 4) is 0 Å². The molecule has 3 atom stereocenters. The van der Waals surface area contributed by atoms with Gasteiger partial charge < -0.3 is 10.1 Å². The summed E-state index contributed by atoms with van der Waals surface area (Å²) in [4.78, 5) is 2.64. The zero-order valence-corrected chi connectivity index (χ0v) is 12.6. The van der Waals surface area contributed by atoms with Gasteiger partial charge in [-0.25, -0.2) is 0 Å². The summed E-state index contributed by atoms with van der Waals surface area (Å²) in [6, 6.07) is 11.2. The lowest BCUT2D eigenvalue weighted by molar-refractivity contribution is -0.0670. The quantitative estimate of drug-likeness (QED) is 0.916. The number of nitrogens with zero attached hydrogens (tertiary/aromatic N) is 1. The van der Waals surface area contributed by atoms with E-state index in [1.807, 2.05) is 0 Å². The lowest BCUT2D eigenvalue weighted by atomic mass is 9.87. The van der Waals surface area contributed by atoms with Crippen LogP contribution in [0.3, 0.4) is 0 Å². The van der Waals surface area contributed by atoms with Crippen molar-refractivity contribution in [1.82, 2.24) is 10.2 Å². The largest absolute Gasteiger partial charge is 0.375 e. The number of benzene rings is 1. The van der Waals surface area contributed by atoms with Gasteiger partial charge >= 0.3 is 0 Å². The van der Waals surface area contributed by atoms with Crippen molar-refractivity contribution in [2.45, 2.75) is 32.4 Å². The molecule has 3 unspecified atom stereocenters. The molecule has 3 heteroatoms. The Labute approximate surface area is 122 Å². The second-order valence-corrected chi connectivity index (χ2v) is 6.74. The topological polar surface area (TPSA) is 24.5 Å². The molecular formula is C17H26N2O. The van der Waals surface area contributed by atoms with Gasteiger partial charge in [-0.1, -0.05) is 37.3 Å². The number of ether oxygens (including phenoxy) is 1. The van der Waals surface area contributed by atoms with Crippen LogP contribution in [0.25, 0.3) is 0 Å². The summed E-state index contributed by atoms with van der Waals surface area (Å²) in [5.74, 6) is 0. The molecule has 0 spiro atoms. The molecule has 2 fully saturated rings. The van der Waals surface area contributed by atoms with Crippen LogP contribution in [0.15, 0.2) is 30.3 Å². The van der Waals surface area contributed by atoms with Crippen LogP contribution >= 0.6 is 0 Å². The first kappa shape index (κ1) is 14.1. The van der Waals surface area contributed by atoms with Crippen LogP contribution in [0.2, 0.25) is 0 Å². The van der Waals surface area contributed by atoms with Crippen LogP contribution in [-0.4, -0.2) is 43.8 Å². The number of morpholine rings is 1. The first-order valence-corrected chi connectivity index (χ1v) is 7.78. The predicted octanol–water partition coefficient (Wildman–Crippen LogP) is 2.45. The van der Waals surface area contributed by atoms with Crippen LogP contribution in [-0.2, 0) is 4.74 Å². The van der Waals surface area contributed by atoms with Gasteiger partial charge in [-0.2, -0.15) is 0 Å². The summed E-state index contributed by atoms with van der Waals surface area (Å²) < 4.78 is 5.92. The minimum atomic E-state index is 0.341. The lowest BCUT2D eigenvalue weighted by Gasteiger charge is -2.42. The monoisotopic (exact) mass is 274 g/mol. The molecule has 0 radical (unpaired) electrons. The maximum Gasteiger partial charge on any atom is 0.0675 e. The molecule has 1 N–H and O–H groups in total. The molecule has 1 aromatic rings. The molecule has 20 heavy (non-hydrogen) atoms. The Morgan fingerprint density at radius 2 is 2.15 bits per heavy atom. The van der Waals surface area contributed by atoms with Gasteiger partial charge in [-0.15, -0.1) is 0 Å². The van der Waals surface area contributed by atoms with Crippen molar-refractivity contribution >= 4 is 0 Å². The van der Waals surface area contributed by atoms with Crippen LogP contribution in [0.4, 0.5) is 0 Å². The van der Waals surface area contributed by atoms with Crippen molar-refractivity contribution in [3.05, 3.63) is 35.9 Å². The highest BCUT2D eigenvalue weighted by molar-refractivity contribution is 5.20. The zero-order valence-electron chi connectivity index (χ0n) is 12.6. The molecule has 2 heterocycles. The third kappa shape index (κ3) is 3.05. The maximum atomic E-state index is 5.92. The fourth-order valence-electron chi connectivity index (χ4n) is 3.52. The highest BCUT2D eigenvalue weighted by Gasteiger charge is 2.36. The van der Waals surface area contributed by atoms with Crippen molar-refractivity contribution in [3.63, 3.8) is 0 Å². The third-order valence-electron chi connectivity index (χ3n) is 4.70. The second-order valence-electron chi connectivity index (χ2n) is 6.74. The molecule has 2 aliphatic rings. The Bertz CT molecular complexity index is 428. The fraction of sp³-hybridized carbons (Fsp3) is 0.647. The maximum absolute atomic E-state index is 5.92. The van der Waals surface area contributed by atoms with Crippen molar-refractivity contribution in [2.75, 3.05) is 32.8 Å². The van der Waals surface area contributed by atoms with Gasteiger partial charge in [0.1, 0.15) is 0 Å². The van der Waals surface area contributed by atoms with Gasteiger partial charge in [0.25, 0.3) is 0 Å². The summed E-state index contributed by atoms with van der Waals surface area (Å²) in [5.41, 5.74) is 1.79. The van der Waals surface area contributed by atoms with E-state index in [4.69, 9.17) is 4.74 Å². The summed E-state index contributed by atoms with van der Waals surface area (Å²) in [5, 5.41) is 3.51. The molecule has 2 aliphatic heterocycles. The fourth-order valence-corrected chi connectivity index (χ4v) is 3.52. The molecule has 3 rings (SSSR count). The number of nitrogens with one attached hydrogen (secondary N) is 1. The summed E-state index contributed by atoms with van der Waals surface area (Å²) >= 11 is 0. The number of hydrogen-bond acceptors (Lipinski definition) is 3. The second kappa shape index (κ2) is 5.84. The van der Waals surface area contributed by atoms with Crippen LogP contribution in [0.5, 0.6) is 0 Å². The Morgan fingerprint density at radius 3 is 2.85 bits per heavy atom. The highest BCUT2D eigenvalue weighted by Crippen LogP contribution is 2.32. The average molecular weight is 274 g/mol. The van der Waals surface area contributed by atoms with Crippen molar-refractivity contribution in [1.29, 1.82) is 0 Å². The van der Waals surface area contributed by atoms with E-state index < -0.39 is 0 Å². The zero-order chi connectivity index (χ0) is 14.0. The molecule has 3 nitrogen and oxygen atoms in total. The van der Waals surface area contributed by atoms with Crippen LogP contribution < -0.4 is 5.32 Å². The normalized spacial score (nSPS) is 35.3. The molecule has 1 aromatic carbocycles. The van der Waals surface area contributed by atoms with Gasteiger partial charge in [0.05, 0.1) is 18.8 Å². The standard InChI is InChI=1S/C17H26N2O/c1-14-10-19(13-17(2)8-9-18-12-17)16(11-20-14)15-6-4-3-5-7-15/h3-7,14,16,18H,8-13H2,1-2H3. The molecule has 0 aromatic heterocycles. The Kier molecular flexibility index (Phi) is 4.11. The SMILES string of the molecule is CC1CN(CC2(C)CCNC2)C(c2ccccc2)CO1. The number of hydrogen-bond donors (Lipinski definition) is 1. The molecule has 0 bridgehead atoms. The van der Waals surface area contributed by atoms with Crippen molar-refractivity contribution < 1.29 is 4.74 Å². The van der Waals surface area contributed by atoms with Gasteiger partial charge in [0.2, 0.25) is 0 Å². The predicted molar refractivity (Wildman–Crippen MR) is 81.8 cm³/mol. The van der Waals surface area contributed by atoms with E-state index in [0.29, 0.717) is 17.6 Å². The van der Waals surface area contributed by atoms with E-state index in [1.165, 1.54) is 12.0 Å². The molecule has 0 amide bonds. The van der Waals surface area contributed by atoms with E-state index in [0.717, 1.165) is 32.8 Å². The third-order valence-corrected chi connectivity index (χ3v) is 4.70. The lowest BCUT2D eigenvalue weighted by Crippen LogP contribution is -2.48. The van der Waals surface area contributed by atoms with Gasteiger partial charge in [0.15, 0.2) is 0 Å². The minimum Gasteiger partial charge on any atom is -0.375 e. The van der Waals surface area contributed by atoms with E-state index in [9.17, 15) is 0 Å². The van der Waals surface area contributed by atoms with Crippen LogP contribution in [0.1, 0.15) is 31.9 Å². The van der Waals surface area contributed by atoms with E-state index >= 15 is 0 Å². The first-order valence-electron chi connectivity index (χ1n) is 7.78. The van der Waals surface area contributed by atoms with Crippen LogP contribution in [0, 0.1) is 5.41 Å². The Morgan fingerprint density at radius 1 is 1.35 bits per heavy atom. The van der Waals surface area contributed by atoms with Crippen molar-refractivity contribution in [2.24, 2.45) is 5.41 Å². The molecule has 2 saturated heterocycles. The molecule has 0 saturated carbocycles. The first-order chi connectivity index (χ1) is 9.66. The molecular weight excluding hydrogens is 248 g/mol.